The van der Waals surface area contributed by atoms with Crippen LogP contribution in [0.15, 0.2) is 30.6 Å². The van der Waals surface area contributed by atoms with Gasteiger partial charge in [-0.2, -0.15) is 0 Å². The number of fused-ring (bicyclic) bond motifs is 1. The van der Waals surface area contributed by atoms with Crippen LogP contribution in [0.3, 0.4) is 0 Å². The van der Waals surface area contributed by atoms with Crippen LogP contribution in [0.4, 0.5) is 0 Å². The molecular formula is C12H17N3O2. The number of aliphatic hydroxyl groups is 2. The lowest BCUT2D eigenvalue weighted by molar-refractivity contribution is 0.0110. The topological polar surface area (TPSA) is 69.8 Å². The first kappa shape index (κ1) is 12.0. The van der Waals surface area contributed by atoms with Gasteiger partial charge in [0.05, 0.1) is 18.0 Å². The summed E-state index contributed by atoms with van der Waals surface area (Å²) in [6, 6.07) is 5.61. The third-order valence-corrected chi connectivity index (χ3v) is 2.80. The molecule has 17 heavy (non-hydrogen) atoms. The van der Waals surface area contributed by atoms with Gasteiger partial charge >= 0.3 is 0 Å². The van der Waals surface area contributed by atoms with E-state index in [1.807, 2.05) is 31.4 Å². The summed E-state index contributed by atoms with van der Waals surface area (Å²) >= 11 is 0. The quantitative estimate of drug-likeness (QED) is 0.699. The van der Waals surface area contributed by atoms with Gasteiger partial charge in [0, 0.05) is 6.20 Å². The maximum atomic E-state index is 10.1. The van der Waals surface area contributed by atoms with Gasteiger partial charge in [0.2, 0.25) is 0 Å². The van der Waals surface area contributed by atoms with Crippen molar-refractivity contribution in [2.75, 3.05) is 13.6 Å². The van der Waals surface area contributed by atoms with Gasteiger partial charge in [0.15, 0.2) is 0 Å². The minimum atomic E-state index is -0.916. The van der Waals surface area contributed by atoms with E-state index in [4.69, 9.17) is 0 Å². The van der Waals surface area contributed by atoms with Gasteiger partial charge in [0.1, 0.15) is 11.8 Å². The molecule has 2 rings (SSSR count). The van der Waals surface area contributed by atoms with Crippen molar-refractivity contribution in [3.05, 3.63) is 36.3 Å². The fourth-order valence-electron chi connectivity index (χ4n) is 1.82. The van der Waals surface area contributed by atoms with E-state index in [2.05, 4.69) is 10.3 Å². The van der Waals surface area contributed by atoms with Crippen LogP contribution in [-0.4, -0.2) is 39.3 Å². The van der Waals surface area contributed by atoms with Crippen LogP contribution in [0.5, 0.6) is 0 Å². The number of imidazole rings is 1. The molecule has 2 heterocycles. The molecule has 0 saturated carbocycles. The Labute approximate surface area is 99.7 Å². The van der Waals surface area contributed by atoms with Gasteiger partial charge in [-0.3, -0.25) is 0 Å². The van der Waals surface area contributed by atoms with E-state index in [1.165, 1.54) is 0 Å². The summed E-state index contributed by atoms with van der Waals surface area (Å²) in [7, 11) is 1.81. The molecule has 5 heteroatoms. The zero-order chi connectivity index (χ0) is 12.3. The SMILES string of the molecule is CNCCC(O)C(O)c1cnc2ccccn12. The van der Waals surface area contributed by atoms with Crippen LogP contribution >= 0.6 is 0 Å². The highest BCUT2D eigenvalue weighted by molar-refractivity contribution is 5.40. The summed E-state index contributed by atoms with van der Waals surface area (Å²) in [5, 5.41) is 22.9. The zero-order valence-corrected chi connectivity index (χ0v) is 9.74. The Bertz CT molecular complexity index is 483. The van der Waals surface area contributed by atoms with Crippen molar-refractivity contribution in [1.29, 1.82) is 0 Å². The summed E-state index contributed by atoms with van der Waals surface area (Å²) in [6.45, 7) is 0.662. The van der Waals surface area contributed by atoms with Gasteiger partial charge < -0.3 is 19.9 Å². The number of hydrogen-bond donors (Lipinski definition) is 3. The number of pyridine rings is 1. The van der Waals surface area contributed by atoms with E-state index in [9.17, 15) is 10.2 Å². The fraction of sp³-hybridized carbons (Fsp3) is 0.417. The molecule has 0 aliphatic carbocycles. The van der Waals surface area contributed by atoms with Crippen LogP contribution in [0.25, 0.3) is 5.65 Å². The molecule has 2 aromatic rings. The fourth-order valence-corrected chi connectivity index (χ4v) is 1.82. The summed E-state index contributed by atoms with van der Waals surface area (Å²) in [5.74, 6) is 0. The molecule has 0 saturated heterocycles. The summed E-state index contributed by atoms with van der Waals surface area (Å²) < 4.78 is 1.78. The lowest BCUT2D eigenvalue weighted by Crippen LogP contribution is -2.24. The van der Waals surface area contributed by atoms with Gasteiger partial charge in [-0.05, 0) is 32.1 Å². The van der Waals surface area contributed by atoms with Crippen molar-refractivity contribution >= 4 is 5.65 Å². The van der Waals surface area contributed by atoms with Gasteiger partial charge in [0.25, 0.3) is 0 Å². The molecule has 92 valence electrons. The molecule has 0 aliphatic heterocycles. The van der Waals surface area contributed by atoms with Crippen LogP contribution < -0.4 is 5.32 Å². The van der Waals surface area contributed by atoms with E-state index >= 15 is 0 Å². The molecule has 0 bridgehead atoms. The number of nitrogens with zero attached hydrogens (tertiary/aromatic N) is 2. The second-order valence-corrected chi connectivity index (χ2v) is 4.02. The Hall–Kier alpha value is -1.43. The van der Waals surface area contributed by atoms with Crippen molar-refractivity contribution in [1.82, 2.24) is 14.7 Å². The Morgan fingerprint density at radius 1 is 1.41 bits per heavy atom. The molecule has 0 amide bonds. The molecule has 2 atom stereocenters. The molecule has 2 unspecified atom stereocenters. The maximum Gasteiger partial charge on any atom is 0.136 e. The van der Waals surface area contributed by atoms with Crippen LogP contribution in [0.1, 0.15) is 18.2 Å². The predicted molar refractivity (Wildman–Crippen MR) is 64.7 cm³/mol. The van der Waals surface area contributed by atoms with Crippen LogP contribution in [-0.2, 0) is 0 Å². The highest BCUT2D eigenvalue weighted by Crippen LogP contribution is 2.19. The largest absolute Gasteiger partial charge is 0.390 e. The van der Waals surface area contributed by atoms with E-state index in [0.717, 1.165) is 5.65 Å². The molecule has 0 aliphatic rings. The van der Waals surface area contributed by atoms with Crippen molar-refractivity contribution < 1.29 is 10.2 Å². The first-order valence-electron chi connectivity index (χ1n) is 5.66. The van der Waals surface area contributed by atoms with Crippen molar-refractivity contribution in [2.24, 2.45) is 0 Å². The summed E-state index contributed by atoms with van der Waals surface area (Å²) in [4.78, 5) is 4.18. The second-order valence-electron chi connectivity index (χ2n) is 4.02. The Morgan fingerprint density at radius 2 is 2.24 bits per heavy atom. The Balaban J connectivity index is 2.21. The minimum Gasteiger partial charge on any atom is -0.390 e. The predicted octanol–water partition coefficient (Wildman–Crippen LogP) is 0.338. The number of aromatic nitrogens is 2. The average molecular weight is 235 g/mol. The number of nitrogens with one attached hydrogen (secondary N) is 1. The normalized spacial score (nSPS) is 15.0. The van der Waals surface area contributed by atoms with E-state index < -0.39 is 12.2 Å². The second kappa shape index (κ2) is 5.27. The molecule has 0 fully saturated rings. The highest BCUT2D eigenvalue weighted by Gasteiger charge is 2.21. The van der Waals surface area contributed by atoms with Crippen LogP contribution in [0.2, 0.25) is 0 Å². The number of hydrogen-bond acceptors (Lipinski definition) is 4. The third-order valence-electron chi connectivity index (χ3n) is 2.80. The van der Waals surface area contributed by atoms with E-state index in [0.29, 0.717) is 18.7 Å². The summed E-state index contributed by atoms with van der Waals surface area (Å²) in [5.41, 5.74) is 1.38. The molecule has 0 aromatic carbocycles. The van der Waals surface area contributed by atoms with Crippen molar-refractivity contribution in [3.8, 4) is 0 Å². The zero-order valence-electron chi connectivity index (χ0n) is 9.74. The van der Waals surface area contributed by atoms with Gasteiger partial charge in [-0.25, -0.2) is 4.98 Å². The monoisotopic (exact) mass is 235 g/mol. The van der Waals surface area contributed by atoms with Crippen molar-refractivity contribution in [3.63, 3.8) is 0 Å². The number of rotatable bonds is 5. The lowest BCUT2D eigenvalue weighted by atomic mass is 10.1. The Morgan fingerprint density at radius 3 is 3.00 bits per heavy atom. The first-order valence-corrected chi connectivity index (χ1v) is 5.66. The standard InChI is InChI=1S/C12H17N3O2/c1-13-6-5-10(16)12(17)9-8-14-11-4-2-3-7-15(9)11/h2-4,7-8,10,12-13,16-17H,5-6H2,1H3. The van der Waals surface area contributed by atoms with E-state index in [1.54, 1.807) is 10.6 Å². The molecule has 0 radical (unpaired) electrons. The van der Waals surface area contributed by atoms with E-state index in [-0.39, 0.29) is 0 Å². The third kappa shape index (κ3) is 2.46. The highest BCUT2D eigenvalue weighted by atomic mass is 16.3. The van der Waals surface area contributed by atoms with Crippen molar-refractivity contribution in [2.45, 2.75) is 18.6 Å². The molecule has 2 aromatic heterocycles. The lowest BCUT2D eigenvalue weighted by Gasteiger charge is -2.17. The average Bonchev–Trinajstić information content (AvgIpc) is 2.78. The van der Waals surface area contributed by atoms with Crippen LogP contribution in [0, 0.1) is 0 Å². The van der Waals surface area contributed by atoms with Gasteiger partial charge in [-0.1, -0.05) is 6.07 Å². The minimum absolute atomic E-state index is 0.498. The van der Waals surface area contributed by atoms with Gasteiger partial charge in [-0.15, -0.1) is 0 Å². The first-order chi connectivity index (χ1) is 8.24. The smallest absolute Gasteiger partial charge is 0.136 e. The summed E-state index contributed by atoms with van der Waals surface area (Å²) in [6.07, 6.45) is 2.22. The Kier molecular flexibility index (Phi) is 3.73. The maximum absolute atomic E-state index is 10.1. The molecule has 3 N–H and O–H groups in total. The molecular weight excluding hydrogens is 218 g/mol. The number of aliphatic hydroxyl groups excluding tert-OH is 2. The molecule has 0 spiro atoms. The molecule has 5 nitrogen and oxygen atoms in total.